The quantitative estimate of drug-likeness (QED) is 0.353. The molecule has 0 saturated carbocycles. The summed E-state index contributed by atoms with van der Waals surface area (Å²) < 4.78 is 36.1. The predicted molar refractivity (Wildman–Crippen MR) is 72.5 cm³/mol. The van der Waals surface area contributed by atoms with Crippen molar-refractivity contribution in [3.8, 4) is 0 Å². The van der Waals surface area contributed by atoms with Crippen LogP contribution in [0, 0.1) is 6.92 Å². The number of carboxylic acid groups (broad SMARTS) is 1. The summed E-state index contributed by atoms with van der Waals surface area (Å²) in [6.07, 6.45) is -5.08. The zero-order valence-electron chi connectivity index (χ0n) is 11.9. The second kappa shape index (κ2) is 7.87. The van der Waals surface area contributed by atoms with E-state index in [4.69, 9.17) is 20.8 Å². The number of carboxylic acids is 1. The molecule has 0 bridgehead atoms. The van der Waals surface area contributed by atoms with Gasteiger partial charge in [-0.2, -0.15) is 13.2 Å². The second-order valence-corrected chi connectivity index (χ2v) is 4.01. The first-order valence-corrected chi connectivity index (χ1v) is 5.96. The van der Waals surface area contributed by atoms with Gasteiger partial charge in [0.05, 0.1) is 0 Å². The molecule has 0 aliphatic rings. The van der Waals surface area contributed by atoms with Crippen molar-refractivity contribution in [2.75, 3.05) is 5.73 Å². The van der Waals surface area contributed by atoms with Crippen molar-refractivity contribution in [2.24, 2.45) is 4.99 Å². The number of nitrogens with two attached hydrogens (primary N) is 1. The standard InChI is InChI=1S/C9H10N6O2.C2HF3O2/c1-5-3-2-4-6(11-5)12-9(13-16)7-8(10)15-17-14-7;3-2(4,5)1(6)7/h2-4,16H,1H3,(H2,10,15)(H,11,12,13);(H,6,7). The molecular formula is C11H11F3N6O4. The van der Waals surface area contributed by atoms with Crippen LogP contribution >= 0.6 is 0 Å². The number of nitrogens with zero attached hydrogens (tertiary/aromatic N) is 4. The molecule has 0 unspecified atom stereocenters. The van der Waals surface area contributed by atoms with E-state index in [2.05, 4.69) is 24.9 Å². The summed E-state index contributed by atoms with van der Waals surface area (Å²) in [6.45, 7) is 1.83. The lowest BCUT2D eigenvalue weighted by Gasteiger charge is -2.01. The van der Waals surface area contributed by atoms with Crippen LogP contribution in [0.5, 0.6) is 0 Å². The van der Waals surface area contributed by atoms with Gasteiger partial charge in [0.25, 0.3) is 0 Å². The lowest BCUT2D eigenvalue weighted by atomic mass is 10.3. The molecule has 10 nitrogen and oxygen atoms in total. The third kappa shape index (κ3) is 5.53. The molecule has 5 N–H and O–H groups in total. The van der Waals surface area contributed by atoms with E-state index in [0.717, 1.165) is 5.69 Å². The van der Waals surface area contributed by atoms with Crippen molar-refractivity contribution in [2.45, 2.75) is 13.1 Å². The Kier molecular flexibility index (Phi) is 6.17. The average Bonchev–Trinajstić information content (AvgIpc) is 2.90. The van der Waals surface area contributed by atoms with E-state index in [-0.39, 0.29) is 17.3 Å². The van der Waals surface area contributed by atoms with E-state index in [1.54, 1.807) is 12.1 Å². The predicted octanol–water partition coefficient (Wildman–Crippen LogP) is 1.05. The van der Waals surface area contributed by atoms with Gasteiger partial charge in [-0.25, -0.2) is 19.4 Å². The van der Waals surface area contributed by atoms with Crippen LogP contribution in [0.3, 0.4) is 0 Å². The second-order valence-electron chi connectivity index (χ2n) is 4.01. The number of aliphatic carboxylic acids is 1. The van der Waals surface area contributed by atoms with Crippen LogP contribution in [0.15, 0.2) is 27.8 Å². The summed E-state index contributed by atoms with van der Waals surface area (Å²) in [5.74, 6) is -2.31. The monoisotopic (exact) mass is 348 g/mol. The molecule has 2 heterocycles. The molecule has 0 atom stereocenters. The summed E-state index contributed by atoms with van der Waals surface area (Å²) in [4.78, 5) is 17.1. The highest BCUT2D eigenvalue weighted by Gasteiger charge is 2.38. The number of pyridine rings is 1. The number of amidine groups is 1. The Labute approximate surface area is 131 Å². The van der Waals surface area contributed by atoms with Crippen LogP contribution in [-0.2, 0) is 4.79 Å². The maximum absolute atomic E-state index is 10.6. The number of nitrogen functional groups attached to an aromatic ring is 1. The SMILES string of the molecule is Cc1cccc(N=C(NO)c2nonc2N)n1.O=C(O)C(F)(F)F. The Morgan fingerprint density at radius 2 is 2.00 bits per heavy atom. The molecule has 130 valence electrons. The molecule has 0 amide bonds. The number of nitrogens with one attached hydrogen (secondary N) is 1. The molecular weight excluding hydrogens is 337 g/mol. The number of aryl methyl sites for hydroxylation is 1. The number of alkyl halides is 3. The number of hydroxylamine groups is 1. The van der Waals surface area contributed by atoms with E-state index in [1.165, 1.54) is 0 Å². The summed E-state index contributed by atoms with van der Waals surface area (Å²) in [7, 11) is 0. The highest BCUT2D eigenvalue weighted by Crippen LogP contribution is 2.13. The highest BCUT2D eigenvalue weighted by molar-refractivity contribution is 6.00. The fraction of sp³-hybridized carbons (Fsp3) is 0.182. The summed E-state index contributed by atoms with van der Waals surface area (Å²) in [6, 6.07) is 5.30. The largest absolute Gasteiger partial charge is 0.490 e. The molecule has 13 heteroatoms. The molecule has 0 saturated heterocycles. The van der Waals surface area contributed by atoms with Crippen molar-refractivity contribution >= 4 is 23.4 Å². The van der Waals surface area contributed by atoms with E-state index < -0.39 is 12.1 Å². The van der Waals surface area contributed by atoms with E-state index in [0.29, 0.717) is 5.82 Å². The van der Waals surface area contributed by atoms with Crippen molar-refractivity contribution in [3.63, 3.8) is 0 Å². The maximum atomic E-state index is 10.6. The molecule has 0 radical (unpaired) electrons. The smallest absolute Gasteiger partial charge is 0.475 e. The molecule has 2 aromatic heterocycles. The zero-order chi connectivity index (χ0) is 18.3. The van der Waals surface area contributed by atoms with Gasteiger partial charge in [-0.1, -0.05) is 6.07 Å². The van der Waals surface area contributed by atoms with E-state index in [9.17, 15) is 13.2 Å². The molecule has 0 aromatic carbocycles. The molecule has 0 spiro atoms. The minimum atomic E-state index is -5.08. The number of carbonyl (C=O) groups is 1. The summed E-state index contributed by atoms with van der Waals surface area (Å²) in [5.41, 5.74) is 8.28. The first-order chi connectivity index (χ1) is 11.1. The Balaban J connectivity index is 0.000000351. The van der Waals surface area contributed by atoms with Gasteiger partial charge in [0.15, 0.2) is 23.2 Å². The van der Waals surface area contributed by atoms with Crippen LogP contribution in [0.2, 0.25) is 0 Å². The first kappa shape index (κ1) is 18.8. The number of aromatic nitrogens is 3. The number of hydrogen-bond acceptors (Lipinski definition) is 8. The van der Waals surface area contributed by atoms with Crippen molar-refractivity contribution in [1.82, 2.24) is 20.8 Å². The van der Waals surface area contributed by atoms with Gasteiger partial charge in [-0.05, 0) is 29.4 Å². The number of hydrogen-bond donors (Lipinski definition) is 4. The molecule has 0 aliphatic heterocycles. The molecule has 2 rings (SSSR count). The van der Waals surface area contributed by atoms with Crippen LogP contribution in [0.25, 0.3) is 0 Å². The number of anilines is 1. The van der Waals surface area contributed by atoms with Crippen molar-refractivity contribution in [1.29, 1.82) is 0 Å². The Hall–Kier alpha value is -3.22. The summed E-state index contributed by atoms with van der Waals surface area (Å²) in [5, 5.41) is 23.0. The minimum Gasteiger partial charge on any atom is -0.475 e. The average molecular weight is 348 g/mol. The lowest BCUT2D eigenvalue weighted by molar-refractivity contribution is -0.192. The molecule has 0 fully saturated rings. The highest BCUT2D eigenvalue weighted by atomic mass is 19.4. The van der Waals surface area contributed by atoms with Crippen LogP contribution in [0.1, 0.15) is 11.4 Å². The van der Waals surface area contributed by atoms with Gasteiger partial charge in [0, 0.05) is 5.69 Å². The van der Waals surface area contributed by atoms with Gasteiger partial charge in [-0.15, -0.1) is 0 Å². The molecule has 2 aromatic rings. The zero-order valence-corrected chi connectivity index (χ0v) is 11.9. The number of aliphatic imine (C=N–C) groups is 1. The Bertz CT molecular complexity index is 731. The fourth-order valence-corrected chi connectivity index (χ4v) is 1.20. The third-order valence-corrected chi connectivity index (χ3v) is 2.19. The van der Waals surface area contributed by atoms with Gasteiger partial charge in [-0.3, -0.25) is 10.7 Å². The molecule has 24 heavy (non-hydrogen) atoms. The fourth-order valence-electron chi connectivity index (χ4n) is 1.20. The maximum Gasteiger partial charge on any atom is 0.490 e. The van der Waals surface area contributed by atoms with Crippen LogP contribution < -0.4 is 11.2 Å². The van der Waals surface area contributed by atoms with Crippen molar-refractivity contribution in [3.05, 3.63) is 29.6 Å². The number of halogens is 3. The van der Waals surface area contributed by atoms with Crippen molar-refractivity contribution < 1.29 is 32.9 Å². The Morgan fingerprint density at radius 3 is 2.42 bits per heavy atom. The number of rotatable bonds is 2. The van der Waals surface area contributed by atoms with Gasteiger partial charge >= 0.3 is 12.1 Å². The topological polar surface area (TPSA) is 160 Å². The van der Waals surface area contributed by atoms with Gasteiger partial charge < -0.3 is 10.8 Å². The van der Waals surface area contributed by atoms with Gasteiger partial charge in [0.1, 0.15) is 0 Å². The van der Waals surface area contributed by atoms with Gasteiger partial charge in [0.2, 0.25) is 0 Å². The third-order valence-electron chi connectivity index (χ3n) is 2.19. The van der Waals surface area contributed by atoms with E-state index >= 15 is 0 Å². The van der Waals surface area contributed by atoms with E-state index in [1.807, 2.05) is 18.5 Å². The minimum absolute atomic E-state index is 0.0156. The lowest BCUT2D eigenvalue weighted by Crippen LogP contribution is -2.21. The molecule has 0 aliphatic carbocycles. The normalized spacial score (nSPS) is 11.5. The first-order valence-electron chi connectivity index (χ1n) is 5.96. The van der Waals surface area contributed by atoms with Crippen LogP contribution in [0.4, 0.5) is 24.8 Å². The summed E-state index contributed by atoms with van der Waals surface area (Å²) >= 11 is 0. The Morgan fingerprint density at radius 1 is 1.38 bits per heavy atom. The van der Waals surface area contributed by atoms with Crippen LogP contribution in [-0.4, -0.2) is 43.6 Å².